The Bertz CT molecular complexity index is 146. The topological polar surface area (TPSA) is 38.0 Å². The predicted molar refractivity (Wildman–Crippen MR) is 63.9 cm³/mol. The molecule has 0 radical (unpaired) electrons. The molecule has 2 unspecified atom stereocenters. The first kappa shape index (κ1) is 12.9. The van der Waals surface area contributed by atoms with Gasteiger partial charge < -0.3 is 11.1 Å². The van der Waals surface area contributed by atoms with E-state index in [9.17, 15) is 0 Å². The third-order valence-electron chi connectivity index (χ3n) is 1.93. The van der Waals surface area contributed by atoms with E-state index < -0.39 is 0 Å². The highest BCUT2D eigenvalue weighted by molar-refractivity contribution is 6.43. The standard InChI is InChI=1S/C10H24N2Si/c1-8(2)13-6-5-9(3)12-10(4)7-11/h5-6,8-10,12H,7,11,13H2,1-4H3. The van der Waals surface area contributed by atoms with Crippen LogP contribution in [0.2, 0.25) is 5.54 Å². The molecule has 0 heterocycles. The van der Waals surface area contributed by atoms with Crippen molar-refractivity contribution >= 4 is 9.52 Å². The fourth-order valence-corrected chi connectivity index (χ4v) is 2.24. The maximum Gasteiger partial charge on any atom is 0.0476 e. The molecule has 0 aliphatic heterocycles. The zero-order valence-electron chi connectivity index (χ0n) is 9.38. The Morgan fingerprint density at radius 3 is 2.38 bits per heavy atom. The average Bonchev–Trinajstić information content (AvgIpc) is 2.03. The molecule has 0 aliphatic rings. The van der Waals surface area contributed by atoms with Crippen molar-refractivity contribution in [2.45, 2.75) is 45.3 Å². The van der Waals surface area contributed by atoms with Crippen LogP contribution in [0.1, 0.15) is 27.7 Å². The van der Waals surface area contributed by atoms with E-state index in [1.165, 1.54) is 0 Å². The molecule has 0 bridgehead atoms. The van der Waals surface area contributed by atoms with Gasteiger partial charge in [0.2, 0.25) is 0 Å². The molecule has 0 rings (SSSR count). The monoisotopic (exact) mass is 200 g/mol. The molecule has 0 aromatic carbocycles. The molecule has 0 amide bonds. The summed E-state index contributed by atoms with van der Waals surface area (Å²) in [6.07, 6.45) is 2.28. The molecule has 3 N–H and O–H groups in total. The Morgan fingerprint density at radius 1 is 1.31 bits per heavy atom. The van der Waals surface area contributed by atoms with E-state index in [0.717, 1.165) is 5.54 Å². The van der Waals surface area contributed by atoms with Gasteiger partial charge in [0.25, 0.3) is 0 Å². The van der Waals surface area contributed by atoms with Crippen LogP contribution < -0.4 is 11.1 Å². The van der Waals surface area contributed by atoms with Crippen molar-refractivity contribution in [1.82, 2.24) is 5.32 Å². The van der Waals surface area contributed by atoms with Crippen LogP contribution in [-0.2, 0) is 0 Å². The van der Waals surface area contributed by atoms with Crippen molar-refractivity contribution < 1.29 is 0 Å². The molecule has 78 valence electrons. The van der Waals surface area contributed by atoms with Crippen molar-refractivity contribution in [1.29, 1.82) is 0 Å². The average molecular weight is 200 g/mol. The Labute approximate surface area is 84.8 Å². The molecule has 2 atom stereocenters. The zero-order valence-corrected chi connectivity index (χ0v) is 10.8. The second kappa shape index (κ2) is 7.30. The van der Waals surface area contributed by atoms with Crippen molar-refractivity contribution in [3.05, 3.63) is 11.8 Å². The summed E-state index contributed by atoms with van der Waals surface area (Å²) in [5.41, 5.74) is 8.78. The second-order valence-electron chi connectivity index (χ2n) is 4.15. The summed E-state index contributed by atoms with van der Waals surface area (Å²) in [6, 6.07) is 0.880. The van der Waals surface area contributed by atoms with Gasteiger partial charge in [-0.3, -0.25) is 0 Å². The molecule has 0 aromatic heterocycles. The first-order chi connectivity index (χ1) is 6.06. The maximum atomic E-state index is 5.52. The Kier molecular flexibility index (Phi) is 7.23. The van der Waals surface area contributed by atoms with E-state index in [4.69, 9.17) is 5.73 Å². The molecule has 13 heavy (non-hydrogen) atoms. The fourth-order valence-electron chi connectivity index (χ4n) is 1.13. The lowest BCUT2D eigenvalue weighted by Gasteiger charge is -2.15. The van der Waals surface area contributed by atoms with Crippen molar-refractivity contribution in [2.24, 2.45) is 5.73 Å². The van der Waals surface area contributed by atoms with Crippen LogP contribution >= 0.6 is 0 Å². The lowest BCUT2D eigenvalue weighted by atomic mass is 10.2. The second-order valence-corrected chi connectivity index (χ2v) is 6.73. The van der Waals surface area contributed by atoms with Crippen LogP contribution in [-0.4, -0.2) is 28.1 Å². The van der Waals surface area contributed by atoms with Gasteiger partial charge in [-0.1, -0.05) is 25.5 Å². The van der Waals surface area contributed by atoms with Gasteiger partial charge in [0.05, 0.1) is 0 Å². The van der Waals surface area contributed by atoms with Gasteiger partial charge in [-0.05, 0) is 13.8 Å². The van der Waals surface area contributed by atoms with Crippen molar-refractivity contribution in [3.8, 4) is 0 Å². The first-order valence-corrected chi connectivity index (χ1v) is 6.82. The van der Waals surface area contributed by atoms with Crippen LogP contribution in [0.25, 0.3) is 0 Å². The smallest absolute Gasteiger partial charge is 0.0476 e. The van der Waals surface area contributed by atoms with Gasteiger partial charge in [0.1, 0.15) is 0 Å². The Morgan fingerprint density at radius 2 is 1.92 bits per heavy atom. The van der Waals surface area contributed by atoms with E-state index in [0.29, 0.717) is 18.6 Å². The van der Waals surface area contributed by atoms with Crippen LogP contribution in [0, 0.1) is 0 Å². The summed E-state index contributed by atoms with van der Waals surface area (Å²) in [4.78, 5) is 0. The summed E-state index contributed by atoms with van der Waals surface area (Å²) in [7, 11) is 0.0113. The third-order valence-corrected chi connectivity index (χ3v) is 3.42. The minimum absolute atomic E-state index is 0.0113. The highest BCUT2D eigenvalue weighted by Crippen LogP contribution is 1.97. The Hall–Kier alpha value is -0.123. The highest BCUT2D eigenvalue weighted by Gasteiger charge is 2.01. The zero-order chi connectivity index (χ0) is 10.3. The maximum absolute atomic E-state index is 5.52. The minimum Gasteiger partial charge on any atom is -0.329 e. The lowest BCUT2D eigenvalue weighted by Crippen LogP contribution is -2.38. The number of hydrogen-bond acceptors (Lipinski definition) is 2. The Balaban J connectivity index is 3.60. The molecule has 0 aromatic rings. The first-order valence-electron chi connectivity index (χ1n) is 5.19. The summed E-state index contributed by atoms with van der Waals surface area (Å²) in [6.45, 7) is 9.58. The number of rotatable bonds is 6. The van der Waals surface area contributed by atoms with Gasteiger partial charge in [0.15, 0.2) is 0 Å². The summed E-state index contributed by atoms with van der Waals surface area (Å²) >= 11 is 0. The van der Waals surface area contributed by atoms with Gasteiger partial charge >= 0.3 is 0 Å². The van der Waals surface area contributed by atoms with Crippen LogP contribution in [0.5, 0.6) is 0 Å². The van der Waals surface area contributed by atoms with Crippen LogP contribution in [0.4, 0.5) is 0 Å². The summed E-state index contributed by atoms with van der Waals surface area (Å²) in [5, 5.41) is 3.41. The van der Waals surface area contributed by atoms with Crippen molar-refractivity contribution in [2.75, 3.05) is 6.54 Å². The fraction of sp³-hybridized carbons (Fsp3) is 0.800. The number of nitrogens with two attached hydrogens (primary N) is 1. The third kappa shape index (κ3) is 8.21. The summed E-state index contributed by atoms with van der Waals surface area (Å²) < 4.78 is 0. The molecule has 0 saturated heterocycles. The normalized spacial score (nSPS) is 17.7. The molecule has 2 nitrogen and oxygen atoms in total. The molecule has 0 spiro atoms. The highest BCUT2D eigenvalue weighted by atomic mass is 28.2. The molecule has 0 saturated carbocycles. The van der Waals surface area contributed by atoms with Gasteiger partial charge in [0, 0.05) is 28.1 Å². The van der Waals surface area contributed by atoms with E-state index in [-0.39, 0.29) is 9.52 Å². The lowest BCUT2D eigenvalue weighted by molar-refractivity contribution is 0.523. The van der Waals surface area contributed by atoms with E-state index in [1.54, 1.807) is 0 Å². The van der Waals surface area contributed by atoms with Crippen LogP contribution in [0.3, 0.4) is 0 Å². The molecule has 3 heteroatoms. The van der Waals surface area contributed by atoms with Gasteiger partial charge in [-0.25, -0.2) is 0 Å². The van der Waals surface area contributed by atoms with Gasteiger partial charge in [-0.15, -0.1) is 5.70 Å². The molecule has 0 fully saturated rings. The van der Waals surface area contributed by atoms with Crippen molar-refractivity contribution in [3.63, 3.8) is 0 Å². The predicted octanol–water partition coefficient (Wildman–Crippen LogP) is 0.822. The van der Waals surface area contributed by atoms with E-state index in [1.807, 2.05) is 0 Å². The largest absolute Gasteiger partial charge is 0.329 e. The summed E-state index contributed by atoms with van der Waals surface area (Å²) in [5.74, 6) is 0. The number of nitrogens with one attached hydrogen (secondary N) is 1. The van der Waals surface area contributed by atoms with Crippen LogP contribution in [0.15, 0.2) is 11.8 Å². The van der Waals surface area contributed by atoms with Gasteiger partial charge in [-0.2, -0.15) is 0 Å². The number of hydrogen-bond donors (Lipinski definition) is 2. The molecular weight excluding hydrogens is 176 g/mol. The van der Waals surface area contributed by atoms with E-state index in [2.05, 4.69) is 44.8 Å². The molecule has 0 aliphatic carbocycles. The van der Waals surface area contributed by atoms with E-state index >= 15 is 0 Å². The quantitative estimate of drug-likeness (QED) is 0.623. The SMILES string of the molecule is CC(C=C[SiH2]C(C)C)NC(C)CN. The molecular formula is C10H24N2Si. The minimum atomic E-state index is 0.0113.